The Morgan fingerprint density at radius 3 is 2.18 bits per heavy atom. The average Bonchev–Trinajstić information content (AvgIpc) is 2.78. The number of hydrogen-bond donors (Lipinski definition) is 1. The standard InChI is InChI=1S/C14H24O3/c1-12(2)3-4-13(11-15)5-7-14(8-6-13)16-9-10-17-14/h3,15H,4-11H2,1-2H3. The molecule has 2 fully saturated rings. The van der Waals surface area contributed by atoms with Gasteiger partial charge in [0.25, 0.3) is 0 Å². The topological polar surface area (TPSA) is 38.7 Å². The molecule has 0 unspecified atom stereocenters. The van der Waals surface area contributed by atoms with Crippen molar-refractivity contribution >= 4 is 0 Å². The largest absolute Gasteiger partial charge is 0.396 e. The SMILES string of the molecule is CC(C)=CCC1(CO)CCC2(CC1)OCCO2. The summed E-state index contributed by atoms with van der Waals surface area (Å²) in [6.45, 7) is 5.93. The zero-order valence-corrected chi connectivity index (χ0v) is 11.0. The molecular weight excluding hydrogens is 216 g/mol. The lowest BCUT2D eigenvalue weighted by Gasteiger charge is -2.42. The second-order valence-corrected chi connectivity index (χ2v) is 5.75. The predicted molar refractivity (Wildman–Crippen MR) is 66.7 cm³/mol. The van der Waals surface area contributed by atoms with E-state index in [9.17, 15) is 5.11 Å². The van der Waals surface area contributed by atoms with Crippen LogP contribution >= 0.6 is 0 Å². The predicted octanol–water partition coefficient (Wildman–Crippen LogP) is 2.64. The quantitative estimate of drug-likeness (QED) is 0.771. The summed E-state index contributed by atoms with van der Waals surface area (Å²) in [7, 11) is 0. The maximum atomic E-state index is 9.67. The van der Waals surface area contributed by atoms with E-state index < -0.39 is 0 Å². The molecule has 0 radical (unpaired) electrons. The molecule has 0 aromatic carbocycles. The van der Waals surface area contributed by atoms with E-state index in [1.807, 2.05) is 0 Å². The highest BCUT2D eigenvalue weighted by Gasteiger charge is 2.45. The summed E-state index contributed by atoms with van der Waals surface area (Å²) in [6.07, 6.45) is 7.04. The summed E-state index contributed by atoms with van der Waals surface area (Å²) in [5, 5.41) is 9.67. The first-order valence-electron chi connectivity index (χ1n) is 6.62. The Morgan fingerprint density at radius 1 is 1.12 bits per heavy atom. The van der Waals surface area contributed by atoms with Crippen LogP contribution in [0.2, 0.25) is 0 Å². The number of ether oxygens (including phenoxy) is 2. The Hall–Kier alpha value is -0.380. The zero-order valence-electron chi connectivity index (χ0n) is 11.0. The van der Waals surface area contributed by atoms with Gasteiger partial charge in [0.15, 0.2) is 5.79 Å². The molecule has 0 bridgehead atoms. The molecule has 1 N–H and O–H groups in total. The summed E-state index contributed by atoms with van der Waals surface area (Å²) in [4.78, 5) is 0. The van der Waals surface area contributed by atoms with Crippen LogP contribution < -0.4 is 0 Å². The van der Waals surface area contributed by atoms with Crippen LogP contribution in [0.5, 0.6) is 0 Å². The Balaban J connectivity index is 1.96. The lowest BCUT2D eigenvalue weighted by atomic mass is 9.70. The molecular formula is C14H24O3. The molecule has 17 heavy (non-hydrogen) atoms. The molecule has 1 aliphatic carbocycles. The van der Waals surface area contributed by atoms with Crippen molar-refractivity contribution in [3.8, 4) is 0 Å². The minimum absolute atomic E-state index is 0.0534. The van der Waals surface area contributed by atoms with Crippen LogP contribution in [0.4, 0.5) is 0 Å². The fraction of sp³-hybridized carbons (Fsp3) is 0.857. The monoisotopic (exact) mass is 240 g/mol. The van der Waals surface area contributed by atoms with Crippen molar-refractivity contribution in [2.45, 2.75) is 51.7 Å². The molecule has 0 aromatic heterocycles. The van der Waals surface area contributed by atoms with Crippen molar-refractivity contribution in [3.63, 3.8) is 0 Å². The summed E-state index contributed by atoms with van der Waals surface area (Å²) in [6, 6.07) is 0. The van der Waals surface area contributed by atoms with E-state index in [2.05, 4.69) is 19.9 Å². The Kier molecular flexibility index (Phi) is 3.91. The van der Waals surface area contributed by atoms with Crippen molar-refractivity contribution in [1.82, 2.24) is 0 Å². The number of allylic oxidation sites excluding steroid dienone is 2. The Bertz CT molecular complexity index is 276. The van der Waals surface area contributed by atoms with Crippen molar-refractivity contribution in [2.75, 3.05) is 19.8 Å². The summed E-state index contributed by atoms with van der Waals surface area (Å²) in [5.41, 5.74) is 1.38. The molecule has 1 aliphatic heterocycles. The van der Waals surface area contributed by atoms with E-state index in [0.717, 1.165) is 45.3 Å². The van der Waals surface area contributed by atoms with Crippen molar-refractivity contribution in [3.05, 3.63) is 11.6 Å². The molecule has 1 spiro atoms. The highest BCUT2D eigenvalue weighted by molar-refractivity contribution is 5.00. The lowest BCUT2D eigenvalue weighted by Crippen LogP contribution is -2.41. The van der Waals surface area contributed by atoms with Crippen LogP contribution in [-0.4, -0.2) is 30.7 Å². The van der Waals surface area contributed by atoms with E-state index in [-0.39, 0.29) is 17.8 Å². The highest BCUT2D eigenvalue weighted by atomic mass is 16.7. The van der Waals surface area contributed by atoms with Gasteiger partial charge in [-0.15, -0.1) is 0 Å². The van der Waals surface area contributed by atoms with Gasteiger partial charge in [0.1, 0.15) is 0 Å². The van der Waals surface area contributed by atoms with Crippen molar-refractivity contribution in [2.24, 2.45) is 5.41 Å². The van der Waals surface area contributed by atoms with Gasteiger partial charge in [-0.25, -0.2) is 0 Å². The second-order valence-electron chi connectivity index (χ2n) is 5.75. The molecule has 0 atom stereocenters. The molecule has 98 valence electrons. The van der Waals surface area contributed by atoms with Crippen LogP contribution in [0.25, 0.3) is 0 Å². The molecule has 2 rings (SSSR count). The Labute approximate surface area is 104 Å². The molecule has 3 nitrogen and oxygen atoms in total. The molecule has 0 aromatic rings. The maximum absolute atomic E-state index is 9.67. The highest BCUT2D eigenvalue weighted by Crippen LogP contribution is 2.46. The van der Waals surface area contributed by atoms with Crippen LogP contribution in [0.1, 0.15) is 46.0 Å². The maximum Gasteiger partial charge on any atom is 0.168 e. The number of rotatable bonds is 3. The van der Waals surface area contributed by atoms with Crippen LogP contribution in [0.3, 0.4) is 0 Å². The van der Waals surface area contributed by atoms with Crippen LogP contribution in [-0.2, 0) is 9.47 Å². The van der Waals surface area contributed by atoms with Gasteiger partial charge >= 0.3 is 0 Å². The van der Waals surface area contributed by atoms with Crippen molar-refractivity contribution in [1.29, 1.82) is 0 Å². The van der Waals surface area contributed by atoms with E-state index in [1.54, 1.807) is 0 Å². The van der Waals surface area contributed by atoms with Gasteiger partial charge in [-0.3, -0.25) is 0 Å². The third kappa shape index (κ3) is 2.90. The van der Waals surface area contributed by atoms with Crippen LogP contribution in [0, 0.1) is 5.41 Å². The fourth-order valence-corrected chi connectivity index (χ4v) is 2.79. The van der Waals surface area contributed by atoms with E-state index in [4.69, 9.17) is 9.47 Å². The molecule has 0 amide bonds. The number of aliphatic hydroxyl groups is 1. The fourth-order valence-electron chi connectivity index (χ4n) is 2.79. The summed E-state index contributed by atoms with van der Waals surface area (Å²) >= 11 is 0. The first-order chi connectivity index (χ1) is 8.10. The van der Waals surface area contributed by atoms with Gasteiger partial charge in [0, 0.05) is 19.4 Å². The minimum atomic E-state index is -0.316. The molecule has 3 heteroatoms. The first-order valence-corrected chi connectivity index (χ1v) is 6.62. The third-order valence-electron chi connectivity index (χ3n) is 4.16. The Morgan fingerprint density at radius 2 is 1.71 bits per heavy atom. The average molecular weight is 240 g/mol. The molecule has 1 saturated carbocycles. The first kappa shape index (κ1) is 13.1. The van der Waals surface area contributed by atoms with Gasteiger partial charge < -0.3 is 14.6 Å². The van der Waals surface area contributed by atoms with Gasteiger partial charge in [-0.05, 0) is 38.5 Å². The van der Waals surface area contributed by atoms with Gasteiger partial charge in [-0.1, -0.05) is 11.6 Å². The zero-order chi connectivity index (χ0) is 12.4. The summed E-state index contributed by atoms with van der Waals surface area (Å²) in [5.74, 6) is -0.316. The third-order valence-corrected chi connectivity index (χ3v) is 4.16. The van der Waals surface area contributed by atoms with Crippen molar-refractivity contribution < 1.29 is 14.6 Å². The molecule has 1 heterocycles. The normalized spacial score (nSPS) is 26.1. The van der Waals surface area contributed by atoms with E-state index in [1.165, 1.54) is 5.57 Å². The lowest BCUT2D eigenvalue weighted by molar-refractivity contribution is -0.194. The second kappa shape index (κ2) is 5.09. The molecule has 2 aliphatic rings. The minimum Gasteiger partial charge on any atom is -0.396 e. The number of aliphatic hydroxyl groups excluding tert-OH is 1. The van der Waals surface area contributed by atoms with Crippen LogP contribution in [0.15, 0.2) is 11.6 Å². The smallest absolute Gasteiger partial charge is 0.168 e. The van der Waals surface area contributed by atoms with Gasteiger partial charge in [0.05, 0.1) is 13.2 Å². The number of hydrogen-bond acceptors (Lipinski definition) is 3. The summed E-state index contributed by atoms with van der Waals surface area (Å²) < 4.78 is 11.5. The van der Waals surface area contributed by atoms with E-state index in [0.29, 0.717) is 0 Å². The van der Waals surface area contributed by atoms with E-state index >= 15 is 0 Å². The molecule has 1 saturated heterocycles. The van der Waals surface area contributed by atoms with Gasteiger partial charge in [-0.2, -0.15) is 0 Å². The van der Waals surface area contributed by atoms with Gasteiger partial charge in [0.2, 0.25) is 0 Å².